The van der Waals surface area contributed by atoms with Gasteiger partial charge in [0.1, 0.15) is 12.4 Å². The Morgan fingerprint density at radius 2 is 1.92 bits per heavy atom. The van der Waals surface area contributed by atoms with E-state index in [2.05, 4.69) is 10.6 Å². The van der Waals surface area contributed by atoms with Crippen LogP contribution >= 0.6 is 11.6 Å². The fraction of sp³-hybridized carbons (Fsp3) is 0.111. The number of nitrogens with one attached hydrogen (secondary N) is 2. The molecule has 0 atom stereocenters. The molecule has 0 fully saturated rings. The van der Waals surface area contributed by atoms with Gasteiger partial charge in [-0.05, 0) is 30.3 Å². The van der Waals surface area contributed by atoms with Crippen LogP contribution in [0.25, 0.3) is 6.08 Å². The van der Waals surface area contributed by atoms with Crippen LogP contribution in [-0.2, 0) is 9.59 Å². The van der Waals surface area contributed by atoms with E-state index >= 15 is 0 Å². The van der Waals surface area contributed by atoms with Crippen molar-refractivity contribution in [1.29, 1.82) is 0 Å². The summed E-state index contributed by atoms with van der Waals surface area (Å²) in [5.74, 6) is 0.259. The van der Waals surface area contributed by atoms with E-state index in [4.69, 9.17) is 16.3 Å². The van der Waals surface area contributed by atoms with Gasteiger partial charge in [0, 0.05) is 18.2 Å². The second-order valence-electron chi connectivity index (χ2n) is 5.33. The molecule has 1 heterocycles. The van der Waals surface area contributed by atoms with Gasteiger partial charge in [-0.3, -0.25) is 9.59 Å². The monoisotopic (exact) mass is 342 g/mol. The molecule has 3 rings (SSSR count). The van der Waals surface area contributed by atoms with Crippen molar-refractivity contribution in [2.24, 2.45) is 0 Å². The molecule has 0 aliphatic carbocycles. The average Bonchev–Trinajstić information content (AvgIpc) is 2.57. The molecule has 1 aliphatic rings. The van der Waals surface area contributed by atoms with Crippen molar-refractivity contribution in [3.05, 3.63) is 58.6 Å². The number of para-hydroxylation sites is 1. The van der Waals surface area contributed by atoms with Gasteiger partial charge < -0.3 is 15.4 Å². The highest BCUT2D eigenvalue weighted by Crippen LogP contribution is 2.28. The first kappa shape index (κ1) is 16.1. The van der Waals surface area contributed by atoms with E-state index in [9.17, 15) is 9.59 Å². The highest BCUT2D eigenvalue weighted by molar-refractivity contribution is 6.33. The third-order valence-electron chi connectivity index (χ3n) is 3.46. The molecule has 0 aromatic heterocycles. The number of benzene rings is 2. The van der Waals surface area contributed by atoms with Crippen LogP contribution in [0.3, 0.4) is 0 Å². The molecule has 6 heteroatoms. The molecule has 0 saturated carbocycles. The minimum atomic E-state index is -0.263. The van der Waals surface area contributed by atoms with Gasteiger partial charge in [0.15, 0.2) is 0 Å². The molecule has 0 spiro atoms. The predicted octanol–water partition coefficient (Wildman–Crippen LogP) is 3.71. The summed E-state index contributed by atoms with van der Waals surface area (Å²) in [5.41, 5.74) is 2.36. The number of halogens is 1. The van der Waals surface area contributed by atoms with Crippen molar-refractivity contribution in [3.63, 3.8) is 0 Å². The summed E-state index contributed by atoms with van der Waals surface area (Å²) >= 11 is 6.02. The molecule has 2 aromatic rings. The van der Waals surface area contributed by atoms with E-state index in [0.29, 0.717) is 22.0 Å². The van der Waals surface area contributed by atoms with Gasteiger partial charge in [-0.1, -0.05) is 29.8 Å². The fourth-order valence-corrected chi connectivity index (χ4v) is 2.51. The fourth-order valence-electron chi connectivity index (χ4n) is 2.35. The Kier molecular flexibility index (Phi) is 4.53. The number of rotatable bonds is 3. The Morgan fingerprint density at radius 1 is 1.12 bits per heavy atom. The molecule has 0 unspecified atom stereocenters. The maximum atomic E-state index is 12.4. The SMILES string of the molecule is CC(=O)Nc1cc(NC(=O)C2=Cc3ccccc3OC2)ccc1Cl. The lowest BCUT2D eigenvalue weighted by Crippen LogP contribution is -2.21. The van der Waals surface area contributed by atoms with E-state index in [1.54, 1.807) is 24.3 Å². The molecular formula is C18H15ClN2O3. The largest absolute Gasteiger partial charge is 0.488 e. The van der Waals surface area contributed by atoms with Crippen molar-refractivity contribution in [1.82, 2.24) is 0 Å². The summed E-state index contributed by atoms with van der Waals surface area (Å²) in [4.78, 5) is 23.6. The van der Waals surface area contributed by atoms with Gasteiger partial charge in [-0.15, -0.1) is 0 Å². The Labute approximate surface area is 144 Å². The zero-order chi connectivity index (χ0) is 17.1. The summed E-state index contributed by atoms with van der Waals surface area (Å²) in [7, 11) is 0. The van der Waals surface area contributed by atoms with Crippen molar-refractivity contribution < 1.29 is 14.3 Å². The summed E-state index contributed by atoms with van der Waals surface area (Å²) in [6, 6.07) is 12.4. The quantitative estimate of drug-likeness (QED) is 0.893. The van der Waals surface area contributed by atoms with E-state index in [-0.39, 0.29) is 18.4 Å². The second kappa shape index (κ2) is 6.76. The van der Waals surface area contributed by atoms with Crippen molar-refractivity contribution in [2.75, 3.05) is 17.2 Å². The van der Waals surface area contributed by atoms with Crippen LogP contribution in [-0.4, -0.2) is 18.4 Å². The number of fused-ring (bicyclic) bond motifs is 1. The van der Waals surface area contributed by atoms with E-state index in [1.807, 2.05) is 24.3 Å². The Bertz CT molecular complexity index is 846. The van der Waals surface area contributed by atoms with Crippen LogP contribution in [0.2, 0.25) is 5.02 Å². The lowest BCUT2D eigenvalue weighted by atomic mass is 10.1. The molecule has 1 aliphatic heterocycles. The molecule has 5 nitrogen and oxygen atoms in total. The maximum Gasteiger partial charge on any atom is 0.255 e. The molecule has 122 valence electrons. The molecule has 2 aromatic carbocycles. The number of anilines is 2. The third-order valence-corrected chi connectivity index (χ3v) is 3.79. The topological polar surface area (TPSA) is 67.4 Å². The number of amides is 2. The first-order valence-electron chi connectivity index (χ1n) is 7.34. The van der Waals surface area contributed by atoms with Gasteiger partial charge in [-0.2, -0.15) is 0 Å². The molecular weight excluding hydrogens is 328 g/mol. The molecule has 24 heavy (non-hydrogen) atoms. The van der Waals surface area contributed by atoms with Gasteiger partial charge in [0.25, 0.3) is 5.91 Å². The lowest BCUT2D eigenvalue weighted by Gasteiger charge is -2.17. The van der Waals surface area contributed by atoms with Gasteiger partial charge in [0.2, 0.25) is 5.91 Å². The number of hydrogen-bond donors (Lipinski definition) is 2. The normalized spacial score (nSPS) is 12.5. The van der Waals surface area contributed by atoms with Crippen molar-refractivity contribution in [3.8, 4) is 5.75 Å². The molecule has 0 bridgehead atoms. The minimum absolute atomic E-state index is 0.203. The van der Waals surface area contributed by atoms with E-state index in [0.717, 1.165) is 11.3 Å². The lowest BCUT2D eigenvalue weighted by molar-refractivity contribution is -0.114. The third kappa shape index (κ3) is 3.58. The smallest absolute Gasteiger partial charge is 0.255 e. The molecule has 2 N–H and O–H groups in total. The molecule has 2 amide bonds. The molecule has 0 saturated heterocycles. The van der Waals surface area contributed by atoms with Crippen LogP contribution in [0.1, 0.15) is 12.5 Å². The number of carbonyl (C=O) groups excluding carboxylic acids is 2. The Hall–Kier alpha value is -2.79. The summed E-state index contributed by atoms with van der Waals surface area (Å²) < 4.78 is 5.58. The number of hydrogen-bond acceptors (Lipinski definition) is 3. The second-order valence-corrected chi connectivity index (χ2v) is 5.73. The van der Waals surface area contributed by atoms with Gasteiger partial charge in [-0.25, -0.2) is 0 Å². The summed E-state index contributed by atoms with van der Waals surface area (Å²) in [5, 5.41) is 5.80. The van der Waals surface area contributed by atoms with Crippen LogP contribution in [0.4, 0.5) is 11.4 Å². The van der Waals surface area contributed by atoms with Crippen LogP contribution in [0.15, 0.2) is 48.0 Å². The molecule has 0 radical (unpaired) electrons. The average molecular weight is 343 g/mol. The van der Waals surface area contributed by atoms with Crippen molar-refractivity contribution in [2.45, 2.75) is 6.92 Å². The minimum Gasteiger partial charge on any atom is -0.488 e. The summed E-state index contributed by atoms with van der Waals surface area (Å²) in [6.07, 6.45) is 1.80. The number of ether oxygens (including phenoxy) is 1. The standard InChI is InChI=1S/C18H15ClN2O3/c1-11(22)20-16-9-14(6-7-15(16)19)21-18(23)13-8-12-4-2-3-5-17(12)24-10-13/h2-9H,10H2,1H3,(H,20,22)(H,21,23). The first-order valence-corrected chi connectivity index (χ1v) is 7.71. The number of carbonyl (C=O) groups is 2. The highest BCUT2D eigenvalue weighted by atomic mass is 35.5. The van der Waals surface area contributed by atoms with Crippen molar-refractivity contribution >= 4 is 40.9 Å². The van der Waals surface area contributed by atoms with Crippen LogP contribution < -0.4 is 15.4 Å². The highest BCUT2D eigenvalue weighted by Gasteiger charge is 2.17. The first-order chi connectivity index (χ1) is 11.5. The Balaban J connectivity index is 1.78. The van der Waals surface area contributed by atoms with Crippen LogP contribution in [0.5, 0.6) is 5.75 Å². The van der Waals surface area contributed by atoms with Gasteiger partial charge >= 0.3 is 0 Å². The van der Waals surface area contributed by atoms with Gasteiger partial charge in [0.05, 0.1) is 16.3 Å². The van der Waals surface area contributed by atoms with Crippen LogP contribution in [0, 0.1) is 0 Å². The zero-order valence-corrected chi connectivity index (χ0v) is 13.7. The predicted molar refractivity (Wildman–Crippen MR) is 94.3 cm³/mol. The maximum absolute atomic E-state index is 12.4. The summed E-state index contributed by atoms with van der Waals surface area (Å²) in [6.45, 7) is 1.60. The van der Waals surface area contributed by atoms with E-state index in [1.165, 1.54) is 6.92 Å². The van der Waals surface area contributed by atoms with E-state index < -0.39 is 0 Å². The zero-order valence-electron chi connectivity index (χ0n) is 12.9. The Morgan fingerprint density at radius 3 is 2.71 bits per heavy atom.